The highest BCUT2D eigenvalue weighted by molar-refractivity contribution is 7.84. The highest BCUT2D eigenvalue weighted by Crippen LogP contribution is 2.44. The first-order valence-corrected chi connectivity index (χ1v) is 16.4. The summed E-state index contributed by atoms with van der Waals surface area (Å²) in [5.41, 5.74) is 5.03. The Balaban J connectivity index is 0.000000209. The van der Waals surface area contributed by atoms with Gasteiger partial charge in [-0.15, -0.1) is 0 Å². The number of aliphatic hydroxyl groups is 1. The van der Waals surface area contributed by atoms with Gasteiger partial charge >= 0.3 is 5.97 Å². The molecular weight excluding hydrogens is 577 g/mol. The molecule has 1 unspecified atom stereocenters. The molecule has 5 rings (SSSR count). The van der Waals surface area contributed by atoms with Gasteiger partial charge in [-0.3, -0.25) is 9.00 Å². The number of carboxylic acids is 1. The first kappa shape index (κ1) is 33.3. The van der Waals surface area contributed by atoms with E-state index in [4.69, 9.17) is 9.84 Å². The zero-order valence-corrected chi connectivity index (χ0v) is 26.9. The summed E-state index contributed by atoms with van der Waals surface area (Å²) in [6, 6.07) is 19.7. The first-order chi connectivity index (χ1) is 20.9. The second kappa shape index (κ2) is 14.5. The fourth-order valence-electron chi connectivity index (χ4n) is 6.24. The van der Waals surface area contributed by atoms with Crippen LogP contribution in [0.3, 0.4) is 0 Å². The maximum absolute atomic E-state index is 13.7. The molecule has 1 saturated carbocycles. The smallest absolute Gasteiger partial charge is 0.307 e. The molecule has 0 amide bonds. The third-order valence-electron chi connectivity index (χ3n) is 8.50. The summed E-state index contributed by atoms with van der Waals surface area (Å²) < 4.78 is 30.4. The van der Waals surface area contributed by atoms with Crippen molar-refractivity contribution in [2.75, 3.05) is 34.0 Å². The molecule has 3 aromatic rings. The molecule has 2 aliphatic rings. The summed E-state index contributed by atoms with van der Waals surface area (Å²) in [5, 5.41) is 20.4. The lowest BCUT2D eigenvalue weighted by Crippen LogP contribution is -2.43. The van der Waals surface area contributed by atoms with Gasteiger partial charge in [0, 0.05) is 34.4 Å². The largest absolute Gasteiger partial charge is 0.497 e. The van der Waals surface area contributed by atoms with E-state index in [1.807, 2.05) is 49.4 Å². The number of halogens is 1. The number of methoxy groups -OCH3 is 1. The molecule has 1 fully saturated rings. The molecule has 0 spiro atoms. The Morgan fingerprint density at radius 2 is 1.82 bits per heavy atom. The molecule has 44 heavy (non-hydrogen) atoms. The molecule has 0 aliphatic heterocycles. The molecule has 3 aromatic carbocycles. The molecule has 2 N–H and O–H groups in total. The summed E-state index contributed by atoms with van der Waals surface area (Å²) in [6.07, 6.45) is 7.67. The quantitative estimate of drug-likeness (QED) is 0.282. The standard InChI is InChI=1S/C20H17FO3S.C16H25NO2/c1-12-17(9-13-3-6-15(7-4-13)25(2)24)16-8-5-14(21)10-19(16)18(12)11-20(22)23;1-17(2)12-14-7-4-5-10-16(14,18)13-8-6-9-15(11-13)19-3/h3-10H,11H2,1-2H3,(H,22,23);6,8-9,11,14,18H,4-5,7,10,12H2,1-3H3/b17-9-;/t;14-,16+/m.1/s1. The number of hydrogen-bond acceptors (Lipinski definition) is 5. The summed E-state index contributed by atoms with van der Waals surface area (Å²) in [6.45, 7) is 2.78. The monoisotopic (exact) mass is 619 g/mol. The summed E-state index contributed by atoms with van der Waals surface area (Å²) in [5.74, 6) is -0.213. The molecule has 8 heteroatoms. The number of ether oxygens (including phenoxy) is 1. The number of allylic oxidation sites excluding steroid dienone is 2. The van der Waals surface area contributed by atoms with Crippen LogP contribution >= 0.6 is 0 Å². The van der Waals surface area contributed by atoms with Crippen LogP contribution in [0.1, 0.15) is 61.3 Å². The predicted octanol–water partition coefficient (Wildman–Crippen LogP) is 7.00. The number of aliphatic carboxylic acids is 1. The van der Waals surface area contributed by atoms with Gasteiger partial charge in [-0.1, -0.05) is 43.2 Å². The van der Waals surface area contributed by atoms with Crippen LogP contribution in [0.5, 0.6) is 5.75 Å². The van der Waals surface area contributed by atoms with Gasteiger partial charge in [0.05, 0.1) is 19.1 Å². The lowest BCUT2D eigenvalue weighted by molar-refractivity contribution is -0.135. The van der Waals surface area contributed by atoms with E-state index < -0.39 is 22.4 Å². The maximum atomic E-state index is 13.7. The van der Waals surface area contributed by atoms with Crippen molar-refractivity contribution in [2.45, 2.75) is 49.5 Å². The number of hydrogen-bond donors (Lipinski definition) is 2. The highest BCUT2D eigenvalue weighted by Gasteiger charge is 2.40. The Morgan fingerprint density at radius 3 is 2.45 bits per heavy atom. The third kappa shape index (κ3) is 7.73. The SMILES string of the molecule is CC1=C(CC(=O)O)c2cc(F)ccc2/C1=C\c1ccc(S(C)=O)cc1.COc1cccc([C@@]2(O)CCCC[C@@H]2CN(C)C)c1. The number of carboxylic acid groups (broad SMARTS) is 1. The highest BCUT2D eigenvalue weighted by atomic mass is 32.2. The normalized spacial score (nSPS) is 21.1. The number of benzene rings is 3. The Hall–Kier alpha value is -3.59. The molecule has 0 heterocycles. The molecule has 0 aromatic heterocycles. The minimum atomic E-state index is -1.04. The summed E-state index contributed by atoms with van der Waals surface area (Å²) in [4.78, 5) is 14.1. The van der Waals surface area contributed by atoms with Gasteiger partial charge in [-0.2, -0.15) is 0 Å². The van der Waals surface area contributed by atoms with Crippen molar-refractivity contribution < 1.29 is 28.3 Å². The topological polar surface area (TPSA) is 87.1 Å². The lowest BCUT2D eigenvalue weighted by Gasteiger charge is -2.41. The Morgan fingerprint density at radius 1 is 1.09 bits per heavy atom. The van der Waals surface area contributed by atoms with Crippen LogP contribution < -0.4 is 4.74 Å². The molecule has 0 saturated heterocycles. The van der Waals surface area contributed by atoms with E-state index in [1.54, 1.807) is 31.6 Å². The fraction of sp³-hybridized carbons (Fsp3) is 0.361. The van der Waals surface area contributed by atoms with Crippen LogP contribution in [0.2, 0.25) is 0 Å². The maximum Gasteiger partial charge on any atom is 0.307 e. The number of nitrogens with zero attached hydrogens (tertiary/aromatic N) is 1. The Kier molecular flexibility index (Phi) is 10.9. The zero-order chi connectivity index (χ0) is 32.0. The van der Waals surface area contributed by atoms with E-state index in [1.165, 1.54) is 18.6 Å². The molecule has 3 atom stereocenters. The second-order valence-electron chi connectivity index (χ2n) is 11.8. The first-order valence-electron chi connectivity index (χ1n) is 14.8. The van der Waals surface area contributed by atoms with Crippen LogP contribution in [-0.2, 0) is 21.2 Å². The minimum Gasteiger partial charge on any atom is -0.497 e. The predicted molar refractivity (Wildman–Crippen MR) is 175 cm³/mol. The van der Waals surface area contributed by atoms with Crippen LogP contribution in [-0.4, -0.2) is 59.3 Å². The molecule has 0 bridgehead atoms. The van der Waals surface area contributed by atoms with Crippen molar-refractivity contribution in [2.24, 2.45) is 5.92 Å². The average Bonchev–Trinajstić information content (AvgIpc) is 3.23. The summed E-state index contributed by atoms with van der Waals surface area (Å²) >= 11 is 0. The van der Waals surface area contributed by atoms with E-state index in [2.05, 4.69) is 19.0 Å². The lowest BCUT2D eigenvalue weighted by atomic mass is 9.71. The van der Waals surface area contributed by atoms with E-state index in [9.17, 15) is 18.5 Å². The zero-order valence-electron chi connectivity index (χ0n) is 26.1. The van der Waals surface area contributed by atoms with Crippen molar-refractivity contribution >= 4 is 34.0 Å². The van der Waals surface area contributed by atoms with E-state index in [0.29, 0.717) is 17.1 Å². The van der Waals surface area contributed by atoms with E-state index in [-0.39, 0.29) is 12.2 Å². The van der Waals surface area contributed by atoms with E-state index in [0.717, 1.165) is 64.3 Å². The van der Waals surface area contributed by atoms with Crippen molar-refractivity contribution in [1.29, 1.82) is 0 Å². The van der Waals surface area contributed by atoms with Crippen LogP contribution in [0.4, 0.5) is 4.39 Å². The number of fused-ring (bicyclic) bond motifs is 1. The molecule has 6 nitrogen and oxygen atoms in total. The van der Waals surface area contributed by atoms with Crippen LogP contribution in [0.15, 0.2) is 77.2 Å². The summed E-state index contributed by atoms with van der Waals surface area (Å²) in [7, 11) is 4.77. The molecule has 234 valence electrons. The minimum absolute atomic E-state index is 0.145. The second-order valence-corrected chi connectivity index (χ2v) is 13.2. The Bertz CT molecular complexity index is 1580. The van der Waals surface area contributed by atoms with Crippen LogP contribution in [0, 0.1) is 11.7 Å². The van der Waals surface area contributed by atoms with Gasteiger partial charge in [0.1, 0.15) is 11.6 Å². The van der Waals surface area contributed by atoms with Crippen molar-refractivity contribution in [1.82, 2.24) is 4.90 Å². The average molecular weight is 620 g/mol. The van der Waals surface area contributed by atoms with Crippen molar-refractivity contribution in [3.8, 4) is 5.75 Å². The molecular formula is C36H42FNO5S. The van der Waals surface area contributed by atoms with Gasteiger partial charge in [-0.05, 0) is 115 Å². The van der Waals surface area contributed by atoms with Gasteiger partial charge < -0.3 is 19.8 Å². The van der Waals surface area contributed by atoms with Gasteiger partial charge in [0.2, 0.25) is 0 Å². The molecule has 0 radical (unpaired) electrons. The molecule has 2 aliphatic carbocycles. The fourth-order valence-corrected chi connectivity index (χ4v) is 6.76. The van der Waals surface area contributed by atoms with E-state index >= 15 is 0 Å². The van der Waals surface area contributed by atoms with Gasteiger partial charge in [0.25, 0.3) is 0 Å². The number of rotatable bonds is 8. The van der Waals surface area contributed by atoms with Crippen molar-refractivity contribution in [3.63, 3.8) is 0 Å². The third-order valence-corrected chi connectivity index (χ3v) is 9.43. The van der Waals surface area contributed by atoms with Crippen molar-refractivity contribution in [3.05, 3.63) is 100 Å². The van der Waals surface area contributed by atoms with Crippen LogP contribution in [0.25, 0.3) is 17.2 Å². The van der Waals surface area contributed by atoms with Gasteiger partial charge in [0.15, 0.2) is 0 Å². The Labute approximate surface area is 262 Å². The van der Waals surface area contributed by atoms with Gasteiger partial charge in [-0.25, -0.2) is 4.39 Å². The number of carbonyl (C=O) groups is 1.